The lowest BCUT2D eigenvalue weighted by atomic mass is 10.0. The van der Waals surface area contributed by atoms with Gasteiger partial charge in [0.05, 0.1) is 0 Å². The Balaban J connectivity index is 1.26. The fraction of sp³-hybridized carbons (Fsp3) is 0.720. The molecule has 3 aliphatic rings. The highest BCUT2D eigenvalue weighted by Gasteiger charge is 2.26. The first-order valence-corrected chi connectivity index (χ1v) is 13.0. The topological polar surface area (TPSA) is 87.6 Å². The van der Waals surface area contributed by atoms with Crippen molar-refractivity contribution in [3.05, 3.63) is 17.7 Å². The Hall–Kier alpha value is -2.26. The fourth-order valence-corrected chi connectivity index (χ4v) is 5.27. The predicted octanol–water partition coefficient (Wildman–Crippen LogP) is 2.50. The predicted molar refractivity (Wildman–Crippen MR) is 135 cm³/mol. The Morgan fingerprint density at radius 2 is 1.71 bits per heavy atom. The van der Waals surface area contributed by atoms with Crippen LogP contribution in [0.1, 0.15) is 50.5 Å². The minimum Gasteiger partial charge on any atom is -0.373 e. The van der Waals surface area contributed by atoms with Gasteiger partial charge in [-0.3, -0.25) is 15.1 Å². The third-order valence-corrected chi connectivity index (χ3v) is 7.41. The van der Waals surface area contributed by atoms with Gasteiger partial charge < -0.3 is 20.4 Å². The lowest BCUT2D eigenvalue weighted by molar-refractivity contribution is -0.115. The molecule has 0 radical (unpaired) electrons. The maximum absolute atomic E-state index is 13.3. The van der Waals surface area contributed by atoms with E-state index >= 15 is 0 Å². The van der Waals surface area contributed by atoms with Crippen LogP contribution in [0.3, 0.4) is 0 Å². The fourth-order valence-electron chi connectivity index (χ4n) is 5.27. The molecular formula is C25H40FN7O. The van der Waals surface area contributed by atoms with E-state index in [4.69, 9.17) is 10.4 Å². The summed E-state index contributed by atoms with van der Waals surface area (Å²) in [4.78, 5) is 24.5. The van der Waals surface area contributed by atoms with Crippen molar-refractivity contribution in [2.45, 2.75) is 57.2 Å². The molecule has 3 fully saturated rings. The van der Waals surface area contributed by atoms with E-state index in [-0.39, 0.29) is 17.7 Å². The van der Waals surface area contributed by atoms with Crippen molar-refractivity contribution in [2.24, 2.45) is 0 Å². The Kier molecular flexibility index (Phi) is 8.72. The summed E-state index contributed by atoms with van der Waals surface area (Å²) in [5.41, 5.74) is 0.490. The van der Waals surface area contributed by atoms with Crippen LogP contribution in [-0.2, 0) is 4.79 Å². The normalized spacial score (nSPS) is 23.0. The zero-order valence-corrected chi connectivity index (χ0v) is 20.5. The molecule has 0 saturated carbocycles. The molecule has 0 aliphatic carbocycles. The molecule has 1 atom stereocenters. The second kappa shape index (κ2) is 11.9. The standard InChI is InChI=1S/C25H40FN7O/c1-28-24-21(6-7-22(30-24)33-11-4-2-3-5-12-33)23(27)25(34)29-20-9-14-31(15-10-20)16-17-32-13-8-19(26)18-32/h6-7,19-20,27H,2-5,8-18H2,1H3,(H,28,30)(H,29,34)/t19-/m0/s1. The molecular weight excluding hydrogens is 433 g/mol. The second-order valence-corrected chi connectivity index (χ2v) is 9.87. The quantitative estimate of drug-likeness (QED) is 0.503. The minimum absolute atomic E-state index is 0.0449. The highest BCUT2D eigenvalue weighted by Crippen LogP contribution is 2.23. The molecule has 34 heavy (non-hydrogen) atoms. The summed E-state index contributed by atoms with van der Waals surface area (Å²) in [5.74, 6) is 1.14. The molecule has 0 bridgehead atoms. The maximum Gasteiger partial charge on any atom is 0.270 e. The number of nitrogens with zero attached hydrogens (tertiary/aromatic N) is 4. The van der Waals surface area contributed by atoms with E-state index in [2.05, 4.69) is 25.3 Å². The molecule has 188 valence electrons. The molecule has 8 nitrogen and oxygen atoms in total. The van der Waals surface area contributed by atoms with E-state index in [1.54, 1.807) is 7.05 Å². The number of carbonyl (C=O) groups is 1. The number of anilines is 2. The monoisotopic (exact) mass is 473 g/mol. The summed E-state index contributed by atoms with van der Waals surface area (Å²) >= 11 is 0. The second-order valence-electron chi connectivity index (χ2n) is 9.87. The Morgan fingerprint density at radius 3 is 2.35 bits per heavy atom. The Labute approximate surface area is 202 Å². The van der Waals surface area contributed by atoms with E-state index in [0.717, 1.165) is 64.5 Å². The molecule has 0 aromatic carbocycles. The van der Waals surface area contributed by atoms with Gasteiger partial charge in [0.1, 0.15) is 23.5 Å². The van der Waals surface area contributed by atoms with Crippen molar-refractivity contribution in [1.82, 2.24) is 20.1 Å². The minimum atomic E-state index is -0.666. The van der Waals surface area contributed by atoms with Crippen LogP contribution < -0.4 is 15.5 Å². The van der Waals surface area contributed by atoms with Gasteiger partial charge in [-0.2, -0.15) is 0 Å². The van der Waals surface area contributed by atoms with Gasteiger partial charge in [0.25, 0.3) is 5.91 Å². The van der Waals surface area contributed by atoms with Crippen LogP contribution in [0.4, 0.5) is 16.0 Å². The van der Waals surface area contributed by atoms with Crippen LogP contribution in [0, 0.1) is 5.41 Å². The molecule has 4 rings (SSSR count). The number of hydrogen-bond acceptors (Lipinski definition) is 7. The van der Waals surface area contributed by atoms with Crippen molar-refractivity contribution in [1.29, 1.82) is 5.41 Å². The summed E-state index contributed by atoms with van der Waals surface area (Å²) in [6, 6.07) is 3.87. The maximum atomic E-state index is 13.3. The molecule has 9 heteroatoms. The van der Waals surface area contributed by atoms with Gasteiger partial charge in [-0.15, -0.1) is 0 Å². The number of halogens is 1. The van der Waals surface area contributed by atoms with Gasteiger partial charge in [0, 0.05) is 71.0 Å². The van der Waals surface area contributed by atoms with E-state index in [0.29, 0.717) is 24.3 Å². The lowest BCUT2D eigenvalue weighted by Gasteiger charge is -2.33. The number of likely N-dealkylation sites (tertiary alicyclic amines) is 2. The average Bonchev–Trinajstić information content (AvgIpc) is 3.09. The number of rotatable bonds is 8. The van der Waals surface area contributed by atoms with Crippen molar-refractivity contribution in [2.75, 3.05) is 69.6 Å². The third kappa shape index (κ3) is 6.44. The van der Waals surface area contributed by atoms with E-state index in [9.17, 15) is 9.18 Å². The molecule has 1 aromatic heterocycles. The van der Waals surface area contributed by atoms with Crippen molar-refractivity contribution < 1.29 is 9.18 Å². The molecule has 1 amide bonds. The van der Waals surface area contributed by atoms with E-state index in [1.807, 2.05) is 12.1 Å². The molecule has 1 aromatic rings. The largest absolute Gasteiger partial charge is 0.373 e. The third-order valence-electron chi connectivity index (χ3n) is 7.41. The first-order valence-electron chi connectivity index (χ1n) is 13.0. The van der Waals surface area contributed by atoms with Crippen molar-refractivity contribution in [3.8, 4) is 0 Å². The summed E-state index contributed by atoms with van der Waals surface area (Å²) in [7, 11) is 1.79. The number of nitrogens with one attached hydrogen (secondary N) is 3. The lowest BCUT2D eigenvalue weighted by Crippen LogP contribution is -2.47. The van der Waals surface area contributed by atoms with Gasteiger partial charge in [-0.25, -0.2) is 9.37 Å². The average molecular weight is 474 g/mol. The summed E-state index contributed by atoms with van der Waals surface area (Å²) < 4.78 is 13.3. The number of piperidine rings is 1. The van der Waals surface area contributed by atoms with Gasteiger partial charge in [0.15, 0.2) is 0 Å². The zero-order chi connectivity index (χ0) is 23.9. The van der Waals surface area contributed by atoms with Crippen LogP contribution in [0.5, 0.6) is 0 Å². The van der Waals surface area contributed by atoms with Crippen LogP contribution >= 0.6 is 0 Å². The first kappa shape index (κ1) is 24.9. The number of amides is 1. The summed E-state index contributed by atoms with van der Waals surface area (Å²) in [5, 5.41) is 14.7. The summed E-state index contributed by atoms with van der Waals surface area (Å²) in [6.07, 6.45) is 6.60. The summed E-state index contributed by atoms with van der Waals surface area (Å²) in [6.45, 7) is 7.12. The van der Waals surface area contributed by atoms with Gasteiger partial charge in [-0.1, -0.05) is 12.8 Å². The number of hydrogen-bond donors (Lipinski definition) is 3. The Morgan fingerprint density at radius 1 is 1.03 bits per heavy atom. The van der Waals surface area contributed by atoms with Crippen LogP contribution in [0.15, 0.2) is 12.1 Å². The highest BCUT2D eigenvalue weighted by molar-refractivity contribution is 6.45. The molecule has 0 unspecified atom stereocenters. The van der Waals surface area contributed by atoms with Crippen LogP contribution in [0.25, 0.3) is 0 Å². The molecule has 3 N–H and O–H groups in total. The van der Waals surface area contributed by atoms with Crippen molar-refractivity contribution in [3.63, 3.8) is 0 Å². The number of aromatic nitrogens is 1. The van der Waals surface area contributed by atoms with Crippen LogP contribution in [-0.4, -0.2) is 98.0 Å². The molecule has 4 heterocycles. The van der Waals surface area contributed by atoms with E-state index < -0.39 is 6.17 Å². The molecule has 3 aliphatic heterocycles. The molecule has 0 spiro atoms. The van der Waals surface area contributed by atoms with Crippen LogP contribution in [0.2, 0.25) is 0 Å². The number of pyridine rings is 1. The zero-order valence-electron chi connectivity index (χ0n) is 20.5. The van der Waals surface area contributed by atoms with Gasteiger partial charge >= 0.3 is 0 Å². The number of carbonyl (C=O) groups excluding carboxylic acids is 1. The smallest absolute Gasteiger partial charge is 0.270 e. The van der Waals surface area contributed by atoms with E-state index in [1.165, 1.54) is 25.7 Å². The highest BCUT2D eigenvalue weighted by atomic mass is 19.1. The number of alkyl halides is 1. The van der Waals surface area contributed by atoms with Gasteiger partial charge in [0.2, 0.25) is 0 Å². The van der Waals surface area contributed by atoms with Crippen molar-refractivity contribution >= 4 is 23.3 Å². The SMILES string of the molecule is CNc1nc(N2CCCCCC2)ccc1C(=N)C(=O)NC1CCN(CCN2CC[C@H](F)C2)CC1. The van der Waals surface area contributed by atoms with Gasteiger partial charge in [-0.05, 0) is 44.2 Å². The molecule has 3 saturated heterocycles. The Bertz CT molecular complexity index is 835. The first-order chi connectivity index (χ1) is 16.5.